The molecule has 0 bridgehead atoms. The zero-order valence-electron chi connectivity index (χ0n) is 9.09. The van der Waals surface area contributed by atoms with Gasteiger partial charge in [-0.25, -0.2) is 0 Å². The second-order valence-electron chi connectivity index (χ2n) is 3.57. The predicted molar refractivity (Wildman–Crippen MR) is 64.7 cm³/mol. The average Bonchev–Trinajstić information content (AvgIpc) is 2.26. The van der Waals surface area contributed by atoms with Crippen molar-refractivity contribution < 1.29 is 4.74 Å². The number of ether oxygens (including phenoxy) is 1. The summed E-state index contributed by atoms with van der Waals surface area (Å²) in [5.41, 5.74) is 6.44. The summed E-state index contributed by atoms with van der Waals surface area (Å²) >= 11 is 6.06. The second-order valence-corrected chi connectivity index (χ2v) is 3.97. The molecule has 0 heterocycles. The number of methoxy groups -OCH3 is 1. The molecule has 1 aromatic carbocycles. The van der Waals surface area contributed by atoms with Gasteiger partial charge in [-0.3, -0.25) is 0 Å². The first-order valence-electron chi connectivity index (χ1n) is 4.95. The Morgan fingerprint density at radius 1 is 1.53 bits per heavy atom. The highest BCUT2D eigenvalue weighted by molar-refractivity contribution is 6.33. The van der Waals surface area contributed by atoms with E-state index in [9.17, 15) is 0 Å². The summed E-state index contributed by atoms with van der Waals surface area (Å²) in [5.74, 6) is 1.19. The summed E-state index contributed by atoms with van der Waals surface area (Å²) in [6.45, 7) is 3.58. The Morgan fingerprint density at radius 2 is 2.27 bits per heavy atom. The topological polar surface area (TPSA) is 47.3 Å². The molecule has 0 saturated carbocycles. The van der Waals surface area contributed by atoms with E-state index >= 15 is 0 Å². The molecule has 4 heteroatoms. The van der Waals surface area contributed by atoms with Crippen molar-refractivity contribution in [1.29, 1.82) is 0 Å². The highest BCUT2D eigenvalue weighted by atomic mass is 35.5. The van der Waals surface area contributed by atoms with Gasteiger partial charge in [-0.15, -0.1) is 0 Å². The molecule has 1 rings (SSSR count). The maximum absolute atomic E-state index is 6.06. The van der Waals surface area contributed by atoms with E-state index in [-0.39, 0.29) is 0 Å². The van der Waals surface area contributed by atoms with Gasteiger partial charge in [0.15, 0.2) is 0 Å². The Morgan fingerprint density at radius 3 is 2.80 bits per heavy atom. The van der Waals surface area contributed by atoms with Gasteiger partial charge in [0.2, 0.25) is 0 Å². The van der Waals surface area contributed by atoms with Crippen molar-refractivity contribution in [2.75, 3.05) is 25.5 Å². The van der Waals surface area contributed by atoms with Gasteiger partial charge in [0.05, 0.1) is 17.8 Å². The SMILES string of the molecule is COc1ccc(NCC(C)CN)c(Cl)c1. The predicted octanol–water partition coefficient (Wildman–Crippen LogP) is 2.36. The lowest BCUT2D eigenvalue weighted by Gasteiger charge is -2.13. The van der Waals surface area contributed by atoms with Gasteiger partial charge >= 0.3 is 0 Å². The first-order valence-corrected chi connectivity index (χ1v) is 5.32. The van der Waals surface area contributed by atoms with Gasteiger partial charge in [0.25, 0.3) is 0 Å². The Hall–Kier alpha value is -0.930. The Balaban J connectivity index is 2.62. The van der Waals surface area contributed by atoms with Gasteiger partial charge in [-0.05, 0) is 24.6 Å². The van der Waals surface area contributed by atoms with E-state index < -0.39 is 0 Å². The number of anilines is 1. The molecule has 1 atom stereocenters. The van der Waals surface area contributed by atoms with E-state index in [1.54, 1.807) is 13.2 Å². The normalized spacial score (nSPS) is 12.3. The summed E-state index contributed by atoms with van der Waals surface area (Å²) in [5, 5.41) is 3.91. The number of nitrogens with two attached hydrogens (primary N) is 1. The van der Waals surface area contributed by atoms with Crippen LogP contribution in [-0.2, 0) is 0 Å². The molecule has 0 aliphatic carbocycles. The van der Waals surface area contributed by atoms with Crippen molar-refractivity contribution in [2.24, 2.45) is 11.7 Å². The van der Waals surface area contributed by atoms with Crippen LogP contribution in [-0.4, -0.2) is 20.2 Å². The molecule has 0 fully saturated rings. The molecule has 0 spiro atoms. The van der Waals surface area contributed by atoms with Crippen LogP contribution < -0.4 is 15.8 Å². The van der Waals surface area contributed by atoms with Gasteiger partial charge in [0.1, 0.15) is 5.75 Å². The number of rotatable bonds is 5. The zero-order valence-corrected chi connectivity index (χ0v) is 9.84. The number of nitrogens with one attached hydrogen (secondary N) is 1. The third kappa shape index (κ3) is 3.61. The minimum atomic E-state index is 0.433. The second kappa shape index (κ2) is 5.83. The van der Waals surface area contributed by atoms with Crippen molar-refractivity contribution in [3.8, 4) is 5.75 Å². The molecule has 1 unspecified atom stereocenters. The Kier molecular flexibility index (Phi) is 4.72. The molecule has 0 saturated heterocycles. The van der Waals surface area contributed by atoms with E-state index in [4.69, 9.17) is 22.1 Å². The Labute approximate surface area is 95.6 Å². The van der Waals surface area contributed by atoms with E-state index in [1.165, 1.54) is 0 Å². The fourth-order valence-electron chi connectivity index (χ4n) is 1.13. The summed E-state index contributed by atoms with van der Waals surface area (Å²) in [7, 11) is 1.62. The molecule has 0 aromatic heterocycles. The van der Waals surface area contributed by atoms with Crippen molar-refractivity contribution in [3.05, 3.63) is 23.2 Å². The molecule has 1 aromatic rings. The quantitative estimate of drug-likeness (QED) is 0.814. The summed E-state index contributed by atoms with van der Waals surface area (Å²) < 4.78 is 5.06. The summed E-state index contributed by atoms with van der Waals surface area (Å²) in [6, 6.07) is 5.57. The molecule has 0 amide bonds. The van der Waals surface area contributed by atoms with Gasteiger partial charge in [0, 0.05) is 12.6 Å². The lowest BCUT2D eigenvalue weighted by Crippen LogP contribution is -2.19. The van der Waals surface area contributed by atoms with Crippen LogP contribution >= 0.6 is 11.6 Å². The van der Waals surface area contributed by atoms with Gasteiger partial charge in [-0.1, -0.05) is 18.5 Å². The van der Waals surface area contributed by atoms with Gasteiger partial charge < -0.3 is 15.8 Å². The molecule has 3 N–H and O–H groups in total. The molecular weight excluding hydrogens is 212 g/mol. The molecular formula is C11H17ClN2O. The minimum absolute atomic E-state index is 0.433. The van der Waals surface area contributed by atoms with Crippen LogP contribution in [0.3, 0.4) is 0 Å². The van der Waals surface area contributed by atoms with E-state index in [0.29, 0.717) is 17.5 Å². The van der Waals surface area contributed by atoms with Crippen LogP contribution in [0.2, 0.25) is 5.02 Å². The van der Waals surface area contributed by atoms with Crippen molar-refractivity contribution >= 4 is 17.3 Å². The van der Waals surface area contributed by atoms with Crippen LogP contribution in [0.15, 0.2) is 18.2 Å². The fourth-order valence-corrected chi connectivity index (χ4v) is 1.37. The molecule has 0 radical (unpaired) electrons. The number of halogens is 1. The van der Waals surface area contributed by atoms with E-state index in [0.717, 1.165) is 18.0 Å². The lowest BCUT2D eigenvalue weighted by atomic mass is 10.2. The van der Waals surface area contributed by atoms with Crippen LogP contribution in [0.1, 0.15) is 6.92 Å². The summed E-state index contributed by atoms with van der Waals surface area (Å²) in [6.07, 6.45) is 0. The number of hydrogen-bond donors (Lipinski definition) is 2. The number of benzene rings is 1. The smallest absolute Gasteiger partial charge is 0.120 e. The molecule has 0 aliphatic heterocycles. The van der Waals surface area contributed by atoms with Crippen molar-refractivity contribution in [3.63, 3.8) is 0 Å². The maximum Gasteiger partial charge on any atom is 0.120 e. The van der Waals surface area contributed by atoms with Crippen LogP contribution in [0.25, 0.3) is 0 Å². The zero-order chi connectivity index (χ0) is 11.3. The molecule has 0 aliphatic rings. The molecule has 3 nitrogen and oxygen atoms in total. The van der Waals surface area contributed by atoms with Crippen molar-refractivity contribution in [2.45, 2.75) is 6.92 Å². The first kappa shape index (κ1) is 12.1. The highest BCUT2D eigenvalue weighted by Gasteiger charge is 2.03. The average molecular weight is 229 g/mol. The van der Waals surface area contributed by atoms with Gasteiger partial charge in [-0.2, -0.15) is 0 Å². The van der Waals surface area contributed by atoms with Crippen LogP contribution in [0, 0.1) is 5.92 Å². The third-order valence-electron chi connectivity index (χ3n) is 2.22. The van der Waals surface area contributed by atoms with Crippen LogP contribution in [0.5, 0.6) is 5.75 Å². The molecule has 15 heavy (non-hydrogen) atoms. The van der Waals surface area contributed by atoms with E-state index in [2.05, 4.69) is 12.2 Å². The van der Waals surface area contributed by atoms with E-state index in [1.807, 2.05) is 12.1 Å². The third-order valence-corrected chi connectivity index (χ3v) is 2.53. The summed E-state index contributed by atoms with van der Waals surface area (Å²) in [4.78, 5) is 0. The fraction of sp³-hybridized carbons (Fsp3) is 0.455. The number of hydrogen-bond acceptors (Lipinski definition) is 3. The molecule has 84 valence electrons. The maximum atomic E-state index is 6.06. The lowest BCUT2D eigenvalue weighted by molar-refractivity contribution is 0.415. The Bertz CT molecular complexity index is 317. The van der Waals surface area contributed by atoms with Crippen molar-refractivity contribution in [1.82, 2.24) is 0 Å². The first-order chi connectivity index (χ1) is 7.17. The van der Waals surface area contributed by atoms with Crippen LogP contribution in [0.4, 0.5) is 5.69 Å². The standard InChI is InChI=1S/C11H17ClN2O/c1-8(6-13)7-14-11-4-3-9(15-2)5-10(11)12/h3-5,8,14H,6-7,13H2,1-2H3. The largest absolute Gasteiger partial charge is 0.497 e. The monoisotopic (exact) mass is 228 g/mol. The minimum Gasteiger partial charge on any atom is -0.497 e. The highest BCUT2D eigenvalue weighted by Crippen LogP contribution is 2.26.